The molecule has 0 aliphatic carbocycles. The van der Waals surface area contributed by atoms with Crippen LogP contribution in [-0.2, 0) is 6.54 Å². The van der Waals surface area contributed by atoms with E-state index >= 15 is 0 Å². The molecule has 0 aromatic heterocycles. The highest BCUT2D eigenvalue weighted by atomic mass is 35.5. The van der Waals surface area contributed by atoms with E-state index in [1.807, 2.05) is 30.3 Å². The van der Waals surface area contributed by atoms with Gasteiger partial charge in [0.25, 0.3) is 0 Å². The zero-order chi connectivity index (χ0) is 6.53. The summed E-state index contributed by atoms with van der Waals surface area (Å²) in [5.41, 5.74) is 3.79. The lowest BCUT2D eigenvalue weighted by Gasteiger charge is -1.95. The smallest absolute Gasteiger partial charge is 0.0348 e. The number of hydrogen-bond acceptors (Lipinski definition) is 2. The van der Waals surface area contributed by atoms with Gasteiger partial charge in [-0.15, -0.1) is 24.8 Å². The molecule has 3 N–H and O–H groups in total. The van der Waals surface area contributed by atoms with Gasteiger partial charge in [-0.3, -0.25) is 11.3 Å². The minimum absolute atomic E-state index is 0. The zero-order valence-electron chi connectivity index (χ0n) is 5.99. The second-order valence-electron chi connectivity index (χ2n) is 1.87. The summed E-state index contributed by atoms with van der Waals surface area (Å²) in [6.07, 6.45) is 0. The van der Waals surface area contributed by atoms with Gasteiger partial charge in [0.05, 0.1) is 0 Å². The maximum Gasteiger partial charge on any atom is 0.0348 e. The molecular formula is C7H12Cl2N2. The van der Waals surface area contributed by atoms with Crippen LogP contribution in [0.25, 0.3) is 0 Å². The molecule has 0 saturated heterocycles. The van der Waals surface area contributed by atoms with Gasteiger partial charge < -0.3 is 0 Å². The van der Waals surface area contributed by atoms with Gasteiger partial charge >= 0.3 is 0 Å². The highest BCUT2D eigenvalue weighted by Gasteiger charge is 1.83. The van der Waals surface area contributed by atoms with Crippen molar-refractivity contribution >= 4 is 24.8 Å². The third-order valence-corrected chi connectivity index (χ3v) is 1.15. The Balaban J connectivity index is 0. The first kappa shape index (κ1) is 13.3. The molecular weight excluding hydrogens is 183 g/mol. The quantitative estimate of drug-likeness (QED) is 0.554. The standard InChI is InChI=1S/C7H10N2.2ClH/c8-9-6-7-4-2-1-3-5-7;;/h1-5,9H,6,8H2;2*1H. The Hall–Kier alpha value is -0.280. The average Bonchev–Trinajstić information content (AvgIpc) is 1.91. The van der Waals surface area contributed by atoms with Crippen LogP contribution >= 0.6 is 24.8 Å². The fraction of sp³-hybridized carbons (Fsp3) is 0.143. The lowest BCUT2D eigenvalue weighted by Crippen LogP contribution is -2.20. The van der Waals surface area contributed by atoms with Crippen LogP contribution in [0.5, 0.6) is 0 Å². The number of rotatable bonds is 2. The SMILES string of the molecule is Cl.Cl.NNCc1ccccc1. The molecule has 4 heteroatoms. The number of hydrazine groups is 1. The average molecular weight is 195 g/mol. The van der Waals surface area contributed by atoms with E-state index in [1.165, 1.54) is 5.56 Å². The maximum atomic E-state index is 5.11. The van der Waals surface area contributed by atoms with Crippen molar-refractivity contribution in [3.05, 3.63) is 35.9 Å². The Morgan fingerprint density at radius 2 is 1.64 bits per heavy atom. The van der Waals surface area contributed by atoms with E-state index in [4.69, 9.17) is 5.84 Å². The summed E-state index contributed by atoms with van der Waals surface area (Å²) in [6.45, 7) is 0.737. The van der Waals surface area contributed by atoms with E-state index in [0.717, 1.165) is 6.54 Å². The van der Waals surface area contributed by atoms with Crippen molar-refractivity contribution in [2.24, 2.45) is 5.84 Å². The lowest BCUT2D eigenvalue weighted by atomic mass is 10.2. The Bertz CT molecular complexity index is 167. The predicted octanol–water partition coefficient (Wildman–Crippen LogP) is 1.49. The second kappa shape index (κ2) is 7.82. The summed E-state index contributed by atoms with van der Waals surface area (Å²) in [4.78, 5) is 0. The number of nitrogens with two attached hydrogens (primary N) is 1. The number of hydrogen-bond donors (Lipinski definition) is 2. The van der Waals surface area contributed by atoms with E-state index in [2.05, 4.69) is 5.43 Å². The second-order valence-corrected chi connectivity index (χ2v) is 1.87. The molecule has 0 amide bonds. The summed E-state index contributed by atoms with van der Waals surface area (Å²) in [7, 11) is 0. The topological polar surface area (TPSA) is 38.0 Å². The van der Waals surface area contributed by atoms with Crippen LogP contribution in [0.4, 0.5) is 0 Å². The highest BCUT2D eigenvalue weighted by molar-refractivity contribution is 5.85. The van der Waals surface area contributed by atoms with Crippen LogP contribution in [-0.4, -0.2) is 0 Å². The van der Waals surface area contributed by atoms with Crippen LogP contribution in [0, 0.1) is 0 Å². The fourth-order valence-corrected chi connectivity index (χ4v) is 0.714. The first-order valence-corrected chi connectivity index (χ1v) is 2.91. The molecule has 0 atom stereocenters. The summed E-state index contributed by atoms with van der Waals surface area (Å²) in [6, 6.07) is 10.0. The molecule has 0 aliphatic heterocycles. The van der Waals surface area contributed by atoms with Crippen molar-refractivity contribution in [1.82, 2.24) is 5.43 Å². The Kier molecular flexibility index (Phi) is 9.47. The largest absolute Gasteiger partial charge is 0.271 e. The first-order valence-electron chi connectivity index (χ1n) is 2.91. The predicted molar refractivity (Wildman–Crippen MR) is 52.0 cm³/mol. The van der Waals surface area contributed by atoms with Crippen molar-refractivity contribution in [2.45, 2.75) is 6.54 Å². The van der Waals surface area contributed by atoms with E-state index in [9.17, 15) is 0 Å². The summed E-state index contributed by atoms with van der Waals surface area (Å²) < 4.78 is 0. The van der Waals surface area contributed by atoms with E-state index in [-0.39, 0.29) is 24.8 Å². The summed E-state index contributed by atoms with van der Waals surface area (Å²) in [5.74, 6) is 5.11. The van der Waals surface area contributed by atoms with Gasteiger partial charge in [-0.05, 0) is 5.56 Å². The summed E-state index contributed by atoms with van der Waals surface area (Å²) >= 11 is 0. The first-order chi connectivity index (χ1) is 4.43. The van der Waals surface area contributed by atoms with Crippen molar-refractivity contribution in [1.29, 1.82) is 0 Å². The van der Waals surface area contributed by atoms with Crippen molar-refractivity contribution in [3.8, 4) is 0 Å². The molecule has 64 valence electrons. The van der Waals surface area contributed by atoms with Gasteiger partial charge in [-0.1, -0.05) is 30.3 Å². The fourth-order valence-electron chi connectivity index (χ4n) is 0.714. The Morgan fingerprint density at radius 1 is 1.09 bits per heavy atom. The monoisotopic (exact) mass is 194 g/mol. The zero-order valence-corrected chi connectivity index (χ0v) is 7.62. The van der Waals surface area contributed by atoms with Gasteiger partial charge in [0.1, 0.15) is 0 Å². The Morgan fingerprint density at radius 3 is 2.09 bits per heavy atom. The maximum absolute atomic E-state index is 5.11. The molecule has 1 aromatic rings. The molecule has 0 aliphatic rings. The van der Waals surface area contributed by atoms with Gasteiger partial charge in [-0.2, -0.15) is 0 Å². The molecule has 11 heavy (non-hydrogen) atoms. The number of benzene rings is 1. The molecule has 1 rings (SSSR count). The molecule has 1 aromatic carbocycles. The van der Waals surface area contributed by atoms with Gasteiger partial charge in [0.2, 0.25) is 0 Å². The van der Waals surface area contributed by atoms with Crippen LogP contribution in [0.15, 0.2) is 30.3 Å². The van der Waals surface area contributed by atoms with E-state index in [0.29, 0.717) is 0 Å². The minimum Gasteiger partial charge on any atom is -0.271 e. The molecule has 0 fully saturated rings. The molecule has 0 unspecified atom stereocenters. The molecule has 0 radical (unpaired) electrons. The summed E-state index contributed by atoms with van der Waals surface area (Å²) in [5, 5.41) is 0. The van der Waals surface area contributed by atoms with Crippen LogP contribution in [0.3, 0.4) is 0 Å². The van der Waals surface area contributed by atoms with E-state index < -0.39 is 0 Å². The molecule has 2 nitrogen and oxygen atoms in total. The van der Waals surface area contributed by atoms with Gasteiger partial charge in [0.15, 0.2) is 0 Å². The third-order valence-electron chi connectivity index (χ3n) is 1.15. The van der Waals surface area contributed by atoms with E-state index in [1.54, 1.807) is 0 Å². The van der Waals surface area contributed by atoms with Crippen molar-refractivity contribution < 1.29 is 0 Å². The number of nitrogens with one attached hydrogen (secondary N) is 1. The lowest BCUT2D eigenvalue weighted by molar-refractivity contribution is 0.741. The van der Waals surface area contributed by atoms with Crippen LogP contribution in [0.1, 0.15) is 5.56 Å². The Labute approximate surface area is 79.0 Å². The normalized spacial score (nSPS) is 7.73. The molecule has 0 saturated carbocycles. The van der Waals surface area contributed by atoms with Crippen LogP contribution < -0.4 is 11.3 Å². The van der Waals surface area contributed by atoms with Crippen molar-refractivity contribution in [2.75, 3.05) is 0 Å². The van der Waals surface area contributed by atoms with Crippen LogP contribution in [0.2, 0.25) is 0 Å². The molecule has 0 bridgehead atoms. The minimum atomic E-state index is 0. The van der Waals surface area contributed by atoms with Crippen molar-refractivity contribution in [3.63, 3.8) is 0 Å². The third kappa shape index (κ3) is 5.04. The number of halogens is 2. The molecule has 0 spiro atoms. The molecule has 0 heterocycles. The van der Waals surface area contributed by atoms with Gasteiger partial charge in [0, 0.05) is 6.54 Å². The highest BCUT2D eigenvalue weighted by Crippen LogP contribution is 1.95. The van der Waals surface area contributed by atoms with Gasteiger partial charge in [-0.25, -0.2) is 0 Å².